The second kappa shape index (κ2) is 7.46. The average Bonchev–Trinajstić information content (AvgIpc) is 2.31. The molecule has 0 unspecified atom stereocenters. The number of nitrogens with zero attached hydrogens (tertiary/aromatic N) is 1. The number of ether oxygens (including phenoxy) is 2. The molecule has 1 aromatic carbocycles. The average molecular weight is 247 g/mol. The molecule has 0 spiro atoms. The number of nitriles is 1. The first-order valence-electron chi connectivity index (χ1n) is 5.79. The molecule has 0 fully saturated rings. The van der Waals surface area contributed by atoms with Crippen molar-refractivity contribution in [3.63, 3.8) is 0 Å². The van der Waals surface area contributed by atoms with Crippen LogP contribution in [-0.2, 0) is 20.9 Å². The first-order chi connectivity index (χ1) is 8.61. The van der Waals surface area contributed by atoms with Crippen LogP contribution in [0.4, 0.5) is 0 Å². The molecule has 0 aliphatic carbocycles. The molecular formula is C14H17NO3. The lowest BCUT2D eigenvalue weighted by Crippen LogP contribution is -2.21. The highest BCUT2D eigenvalue weighted by Crippen LogP contribution is 2.06. The van der Waals surface area contributed by atoms with Crippen molar-refractivity contribution in [2.24, 2.45) is 0 Å². The number of carbonyl (C=O) groups is 1. The summed E-state index contributed by atoms with van der Waals surface area (Å²) in [6.45, 7) is 4.03. The van der Waals surface area contributed by atoms with Crippen LogP contribution in [0.15, 0.2) is 24.3 Å². The quantitative estimate of drug-likeness (QED) is 0.724. The minimum absolute atomic E-state index is 0.146. The first-order valence-corrected chi connectivity index (χ1v) is 5.79. The molecule has 0 amide bonds. The molecule has 0 saturated carbocycles. The molecule has 96 valence electrons. The maximum atomic E-state index is 10.8. The predicted octanol–water partition coefficient (Wildman–Crippen LogP) is 2.36. The van der Waals surface area contributed by atoms with Crippen molar-refractivity contribution in [1.82, 2.24) is 0 Å². The SMILES string of the molecule is CC(=O)O[C@H](CC#N)COCc1ccc(C)cc1. The van der Waals surface area contributed by atoms with E-state index in [-0.39, 0.29) is 13.0 Å². The van der Waals surface area contributed by atoms with Crippen molar-refractivity contribution >= 4 is 5.97 Å². The maximum absolute atomic E-state index is 10.8. The largest absolute Gasteiger partial charge is 0.459 e. The summed E-state index contributed by atoms with van der Waals surface area (Å²) >= 11 is 0. The van der Waals surface area contributed by atoms with Gasteiger partial charge in [0.25, 0.3) is 0 Å². The van der Waals surface area contributed by atoms with Gasteiger partial charge in [0, 0.05) is 6.92 Å². The van der Waals surface area contributed by atoms with Crippen LogP contribution >= 0.6 is 0 Å². The standard InChI is InChI=1S/C14H17NO3/c1-11-3-5-13(6-4-11)9-17-10-14(7-8-15)18-12(2)16/h3-6,14H,7,9-10H2,1-2H3/t14-/m1/s1. The van der Waals surface area contributed by atoms with Crippen LogP contribution in [0.3, 0.4) is 0 Å². The van der Waals surface area contributed by atoms with E-state index in [1.165, 1.54) is 12.5 Å². The van der Waals surface area contributed by atoms with Crippen molar-refractivity contribution < 1.29 is 14.3 Å². The molecule has 1 atom stereocenters. The number of rotatable bonds is 6. The smallest absolute Gasteiger partial charge is 0.303 e. The predicted molar refractivity (Wildman–Crippen MR) is 66.6 cm³/mol. The summed E-state index contributed by atoms with van der Waals surface area (Å²) in [6, 6.07) is 9.97. The number of hydrogen-bond acceptors (Lipinski definition) is 4. The van der Waals surface area contributed by atoms with Crippen LogP contribution in [0, 0.1) is 18.3 Å². The molecule has 0 aliphatic rings. The van der Waals surface area contributed by atoms with E-state index in [9.17, 15) is 4.79 Å². The van der Waals surface area contributed by atoms with Crippen LogP contribution in [0.1, 0.15) is 24.5 Å². The Balaban J connectivity index is 2.36. The zero-order valence-electron chi connectivity index (χ0n) is 10.7. The molecule has 4 heteroatoms. The van der Waals surface area contributed by atoms with Gasteiger partial charge in [0.15, 0.2) is 0 Å². The zero-order chi connectivity index (χ0) is 13.4. The van der Waals surface area contributed by atoms with E-state index in [4.69, 9.17) is 14.7 Å². The van der Waals surface area contributed by atoms with Gasteiger partial charge in [-0.1, -0.05) is 29.8 Å². The number of benzene rings is 1. The minimum Gasteiger partial charge on any atom is -0.459 e. The molecule has 0 aliphatic heterocycles. The van der Waals surface area contributed by atoms with E-state index in [0.29, 0.717) is 6.61 Å². The Morgan fingerprint density at radius 1 is 1.39 bits per heavy atom. The van der Waals surface area contributed by atoms with Crippen molar-refractivity contribution in [3.05, 3.63) is 35.4 Å². The molecule has 0 saturated heterocycles. The van der Waals surface area contributed by atoms with E-state index >= 15 is 0 Å². The fourth-order valence-electron chi connectivity index (χ4n) is 1.46. The van der Waals surface area contributed by atoms with Gasteiger partial charge in [-0.3, -0.25) is 4.79 Å². The molecule has 0 N–H and O–H groups in total. The number of esters is 1. The number of aryl methyl sites for hydroxylation is 1. The van der Waals surface area contributed by atoms with Gasteiger partial charge < -0.3 is 9.47 Å². The van der Waals surface area contributed by atoms with Crippen LogP contribution in [0.5, 0.6) is 0 Å². The molecule has 0 aromatic heterocycles. The van der Waals surface area contributed by atoms with Crippen LogP contribution in [0.25, 0.3) is 0 Å². The Bertz CT molecular complexity index is 420. The van der Waals surface area contributed by atoms with Crippen LogP contribution in [-0.4, -0.2) is 18.7 Å². The van der Waals surface area contributed by atoms with Crippen molar-refractivity contribution in [2.45, 2.75) is 33.0 Å². The van der Waals surface area contributed by atoms with E-state index in [2.05, 4.69) is 0 Å². The Labute approximate surface area is 107 Å². The highest BCUT2D eigenvalue weighted by Gasteiger charge is 2.11. The van der Waals surface area contributed by atoms with Crippen molar-refractivity contribution in [2.75, 3.05) is 6.61 Å². The van der Waals surface area contributed by atoms with Gasteiger partial charge in [0.2, 0.25) is 0 Å². The summed E-state index contributed by atoms with van der Waals surface area (Å²) in [6.07, 6.45) is -0.342. The van der Waals surface area contributed by atoms with Gasteiger partial charge in [0.1, 0.15) is 6.10 Å². The van der Waals surface area contributed by atoms with Gasteiger partial charge >= 0.3 is 5.97 Å². The Morgan fingerprint density at radius 3 is 2.61 bits per heavy atom. The maximum Gasteiger partial charge on any atom is 0.303 e. The fourth-order valence-corrected chi connectivity index (χ4v) is 1.46. The summed E-state index contributed by atoms with van der Waals surface area (Å²) in [7, 11) is 0. The van der Waals surface area contributed by atoms with Crippen LogP contribution in [0.2, 0.25) is 0 Å². The lowest BCUT2D eigenvalue weighted by molar-refractivity contribution is -0.149. The first kappa shape index (κ1) is 14.2. The molecule has 0 heterocycles. The van der Waals surface area contributed by atoms with Gasteiger partial charge in [-0.2, -0.15) is 5.26 Å². The Kier molecular flexibility index (Phi) is 5.89. The van der Waals surface area contributed by atoms with E-state index in [1.807, 2.05) is 37.3 Å². The highest BCUT2D eigenvalue weighted by molar-refractivity contribution is 5.66. The van der Waals surface area contributed by atoms with Gasteiger partial charge in [0.05, 0.1) is 25.7 Å². The summed E-state index contributed by atoms with van der Waals surface area (Å²) < 4.78 is 10.4. The molecule has 18 heavy (non-hydrogen) atoms. The minimum atomic E-state index is -0.488. The van der Waals surface area contributed by atoms with Gasteiger partial charge in [-0.25, -0.2) is 0 Å². The second-order valence-electron chi connectivity index (χ2n) is 4.09. The molecule has 0 radical (unpaired) electrons. The second-order valence-corrected chi connectivity index (χ2v) is 4.09. The summed E-state index contributed by atoms with van der Waals surface area (Å²) in [5, 5.41) is 8.60. The van der Waals surface area contributed by atoms with Gasteiger partial charge in [-0.05, 0) is 12.5 Å². The van der Waals surface area contributed by atoms with Crippen LogP contribution < -0.4 is 0 Å². The summed E-state index contributed by atoms with van der Waals surface area (Å²) in [5.74, 6) is -0.394. The summed E-state index contributed by atoms with van der Waals surface area (Å²) in [4.78, 5) is 10.8. The third kappa shape index (κ3) is 5.46. The Morgan fingerprint density at radius 2 is 2.06 bits per heavy atom. The monoisotopic (exact) mass is 247 g/mol. The number of carbonyl (C=O) groups excluding carboxylic acids is 1. The van der Waals surface area contributed by atoms with E-state index < -0.39 is 12.1 Å². The fraction of sp³-hybridized carbons (Fsp3) is 0.429. The third-order valence-corrected chi connectivity index (χ3v) is 2.34. The lowest BCUT2D eigenvalue weighted by Gasteiger charge is -2.14. The topological polar surface area (TPSA) is 59.3 Å². The summed E-state index contributed by atoms with van der Waals surface area (Å²) in [5.41, 5.74) is 2.25. The molecular weight excluding hydrogens is 230 g/mol. The molecule has 1 rings (SSSR count). The zero-order valence-corrected chi connectivity index (χ0v) is 10.7. The van der Waals surface area contributed by atoms with E-state index in [0.717, 1.165) is 5.56 Å². The van der Waals surface area contributed by atoms with E-state index in [1.54, 1.807) is 0 Å². The third-order valence-electron chi connectivity index (χ3n) is 2.34. The molecule has 0 bridgehead atoms. The van der Waals surface area contributed by atoms with Gasteiger partial charge in [-0.15, -0.1) is 0 Å². The molecule has 1 aromatic rings. The number of hydrogen-bond donors (Lipinski definition) is 0. The van der Waals surface area contributed by atoms with Crippen molar-refractivity contribution in [1.29, 1.82) is 5.26 Å². The van der Waals surface area contributed by atoms with Crippen molar-refractivity contribution in [3.8, 4) is 6.07 Å². The normalized spacial score (nSPS) is 11.6. The lowest BCUT2D eigenvalue weighted by atomic mass is 10.2. The highest BCUT2D eigenvalue weighted by atomic mass is 16.6. The Hall–Kier alpha value is -1.86. The molecule has 4 nitrogen and oxygen atoms in total.